The van der Waals surface area contributed by atoms with Crippen LogP contribution in [0.2, 0.25) is 0 Å². The minimum atomic E-state index is 0.0746. The molecule has 1 amide bonds. The quantitative estimate of drug-likeness (QED) is 0.881. The van der Waals surface area contributed by atoms with Gasteiger partial charge in [0.05, 0.1) is 11.9 Å². The van der Waals surface area contributed by atoms with Gasteiger partial charge in [0.15, 0.2) is 0 Å². The zero-order chi connectivity index (χ0) is 14.7. The predicted molar refractivity (Wildman–Crippen MR) is 81.2 cm³/mol. The lowest BCUT2D eigenvalue weighted by atomic mass is 9.93. The first kappa shape index (κ1) is 13.5. The standard InChI is InChI=1S/C16H18N4O/c1-12-17-9-10-20(12)15-8-7-14(11-18-15)19-16(21)13-5-3-2-4-6-13/h2-3,7-11,13H,4-6H2,1H3,(H,19,21)/t13-/m1/s1. The van der Waals surface area contributed by atoms with Gasteiger partial charge in [0.25, 0.3) is 0 Å². The van der Waals surface area contributed by atoms with E-state index in [1.165, 1.54) is 0 Å². The van der Waals surface area contributed by atoms with Gasteiger partial charge in [-0.05, 0) is 38.3 Å². The van der Waals surface area contributed by atoms with Crippen molar-refractivity contribution < 1.29 is 4.79 Å². The van der Waals surface area contributed by atoms with Crippen LogP contribution in [0.25, 0.3) is 5.82 Å². The molecule has 0 aliphatic heterocycles. The third-order valence-corrected chi connectivity index (χ3v) is 3.73. The number of allylic oxidation sites excluding steroid dienone is 2. The van der Waals surface area contributed by atoms with Crippen molar-refractivity contribution in [2.45, 2.75) is 26.2 Å². The number of aryl methyl sites for hydroxylation is 1. The Bertz CT molecular complexity index is 657. The summed E-state index contributed by atoms with van der Waals surface area (Å²) >= 11 is 0. The molecule has 0 aromatic carbocycles. The molecule has 2 heterocycles. The van der Waals surface area contributed by atoms with E-state index in [9.17, 15) is 4.79 Å². The van der Waals surface area contributed by atoms with E-state index in [0.29, 0.717) is 0 Å². The number of amides is 1. The molecule has 2 aromatic rings. The predicted octanol–water partition coefficient (Wildman–Crippen LogP) is 2.87. The number of nitrogens with one attached hydrogen (secondary N) is 1. The number of anilines is 1. The third kappa shape index (κ3) is 3.02. The monoisotopic (exact) mass is 282 g/mol. The molecule has 0 bridgehead atoms. The van der Waals surface area contributed by atoms with Crippen LogP contribution in [0.3, 0.4) is 0 Å². The Balaban J connectivity index is 1.68. The van der Waals surface area contributed by atoms with Gasteiger partial charge in [-0.15, -0.1) is 0 Å². The van der Waals surface area contributed by atoms with Crippen LogP contribution in [-0.4, -0.2) is 20.4 Å². The van der Waals surface area contributed by atoms with Crippen molar-refractivity contribution in [3.05, 3.63) is 48.7 Å². The van der Waals surface area contributed by atoms with Crippen molar-refractivity contribution in [3.8, 4) is 5.82 Å². The molecule has 5 nitrogen and oxygen atoms in total. The second-order valence-electron chi connectivity index (χ2n) is 5.22. The number of carbonyl (C=O) groups is 1. The van der Waals surface area contributed by atoms with Crippen molar-refractivity contribution in [2.75, 3.05) is 5.32 Å². The number of pyridine rings is 1. The molecular weight excluding hydrogens is 264 g/mol. The van der Waals surface area contributed by atoms with E-state index >= 15 is 0 Å². The summed E-state index contributed by atoms with van der Waals surface area (Å²) in [6.07, 6.45) is 12.2. The van der Waals surface area contributed by atoms with Crippen LogP contribution in [0.1, 0.15) is 25.1 Å². The summed E-state index contributed by atoms with van der Waals surface area (Å²) in [7, 11) is 0. The lowest BCUT2D eigenvalue weighted by molar-refractivity contribution is -0.120. The number of imidazole rings is 1. The molecular formula is C16H18N4O. The highest BCUT2D eigenvalue weighted by Crippen LogP contribution is 2.20. The van der Waals surface area contributed by atoms with E-state index in [4.69, 9.17) is 0 Å². The maximum Gasteiger partial charge on any atom is 0.227 e. The minimum absolute atomic E-state index is 0.0746. The molecule has 21 heavy (non-hydrogen) atoms. The van der Waals surface area contributed by atoms with Gasteiger partial charge in [-0.1, -0.05) is 12.2 Å². The number of hydrogen-bond acceptors (Lipinski definition) is 3. The fourth-order valence-electron chi connectivity index (χ4n) is 2.50. The average Bonchev–Trinajstić information content (AvgIpc) is 2.95. The van der Waals surface area contributed by atoms with Crippen LogP contribution in [0, 0.1) is 12.8 Å². The van der Waals surface area contributed by atoms with Crippen LogP contribution in [0.4, 0.5) is 5.69 Å². The molecule has 0 spiro atoms. The molecule has 1 N–H and O–H groups in total. The van der Waals surface area contributed by atoms with Crippen LogP contribution in [-0.2, 0) is 4.79 Å². The Morgan fingerprint density at radius 3 is 2.86 bits per heavy atom. The van der Waals surface area contributed by atoms with Gasteiger partial charge in [-0.2, -0.15) is 0 Å². The molecule has 3 rings (SSSR count). The van der Waals surface area contributed by atoms with E-state index in [1.54, 1.807) is 12.4 Å². The van der Waals surface area contributed by atoms with Crippen molar-refractivity contribution in [1.29, 1.82) is 0 Å². The second kappa shape index (κ2) is 5.91. The van der Waals surface area contributed by atoms with Crippen molar-refractivity contribution in [1.82, 2.24) is 14.5 Å². The Morgan fingerprint density at radius 2 is 2.24 bits per heavy atom. The second-order valence-corrected chi connectivity index (χ2v) is 5.22. The maximum atomic E-state index is 12.1. The fourth-order valence-corrected chi connectivity index (χ4v) is 2.50. The molecule has 1 aliphatic rings. The number of nitrogens with zero attached hydrogens (tertiary/aromatic N) is 3. The van der Waals surface area contributed by atoms with Crippen molar-refractivity contribution in [3.63, 3.8) is 0 Å². The largest absolute Gasteiger partial charge is 0.324 e. The summed E-state index contributed by atoms with van der Waals surface area (Å²) in [5, 5.41) is 2.94. The number of aromatic nitrogens is 3. The zero-order valence-electron chi connectivity index (χ0n) is 12.0. The molecule has 5 heteroatoms. The summed E-state index contributed by atoms with van der Waals surface area (Å²) in [6.45, 7) is 1.92. The Morgan fingerprint density at radius 1 is 1.33 bits per heavy atom. The highest BCUT2D eigenvalue weighted by atomic mass is 16.1. The van der Waals surface area contributed by atoms with Gasteiger partial charge >= 0.3 is 0 Å². The number of hydrogen-bond donors (Lipinski definition) is 1. The smallest absolute Gasteiger partial charge is 0.227 e. The summed E-state index contributed by atoms with van der Waals surface area (Å²) in [5.41, 5.74) is 0.732. The molecule has 0 fully saturated rings. The molecule has 2 aromatic heterocycles. The van der Waals surface area contributed by atoms with Gasteiger partial charge in [0, 0.05) is 18.3 Å². The van der Waals surface area contributed by atoms with Crippen LogP contribution < -0.4 is 5.32 Å². The van der Waals surface area contributed by atoms with Gasteiger partial charge in [0.2, 0.25) is 5.91 Å². The van der Waals surface area contributed by atoms with E-state index in [0.717, 1.165) is 36.6 Å². The van der Waals surface area contributed by atoms with Gasteiger partial charge in [-0.3, -0.25) is 9.36 Å². The highest BCUT2D eigenvalue weighted by molar-refractivity contribution is 5.92. The maximum absolute atomic E-state index is 12.1. The summed E-state index contributed by atoms with van der Waals surface area (Å²) in [4.78, 5) is 20.7. The van der Waals surface area contributed by atoms with Crippen LogP contribution in [0.5, 0.6) is 0 Å². The summed E-state index contributed by atoms with van der Waals surface area (Å²) in [6, 6.07) is 3.75. The Kier molecular flexibility index (Phi) is 3.81. The fraction of sp³-hybridized carbons (Fsp3) is 0.312. The average molecular weight is 282 g/mol. The van der Waals surface area contributed by atoms with Crippen molar-refractivity contribution >= 4 is 11.6 Å². The zero-order valence-corrected chi connectivity index (χ0v) is 12.0. The lowest BCUT2D eigenvalue weighted by Gasteiger charge is -2.17. The molecule has 0 saturated heterocycles. The molecule has 0 radical (unpaired) electrons. The minimum Gasteiger partial charge on any atom is -0.324 e. The first-order valence-electron chi connectivity index (χ1n) is 7.16. The number of rotatable bonds is 3. The first-order chi connectivity index (χ1) is 10.2. The molecule has 1 atom stereocenters. The molecule has 0 unspecified atom stereocenters. The normalized spacial score (nSPS) is 17.7. The first-order valence-corrected chi connectivity index (χ1v) is 7.16. The van der Waals surface area contributed by atoms with Gasteiger partial charge in [-0.25, -0.2) is 9.97 Å². The Hall–Kier alpha value is -2.43. The summed E-state index contributed by atoms with van der Waals surface area (Å²) < 4.78 is 1.90. The van der Waals surface area contributed by atoms with E-state index in [2.05, 4.69) is 27.4 Å². The summed E-state index contributed by atoms with van der Waals surface area (Å²) in [5.74, 6) is 1.83. The SMILES string of the molecule is Cc1nccn1-c1ccc(NC(=O)[C@@H]2CC=CCC2)cn1. The van der Waals surface area contributed by atoms with Gasteiger partial charge < -0.3 is 5.32 Å². The molecule has 0 saturated carbocycles. The molecule has 108 valence electrons. The topological polar surface area (TPSA) is 59.8 Å². The van der Waals surface area contributed by atoms with Crippen LogP contribution in [0.15, 0.2) is 42.9 Å². The van der Waals surface area contributed by atoms with Crippen molar-refractivity contribution in [2.24, 2.45) is 5.92 Å². The third-order valence-electron chi connectivity index (χ3n) is 3.73. The lowest BCUT2D eigenvalue weighted by Crippen LogP contribution is -2.23. The highest BCUT2D eigenvalue weighted by Gasteiger charge is 2.18. The van der Waals surface area contributed by atoms with E-state index < -0.39 is 0 Å². The van der Waals surface area contributed by atoms with E-state index in [-0.39, 0.29) is 11.8 Å². The van der Waals surface area contributed by atoms with Gasteiger partial charge in [0.1, 0.15) is 11.6 Å². The Labute approximate surface area is 123 Å². The van der Waals surface area contributed by atoms with Crippen LogP contribution >= 0.6 is 0 Å². The van der Waals surface area contributed by atoms with E-state index in [1.807, 2.05) is 29.8 Å². The number of carbonyl (C=O) groups excluding carboxylic acids is 1. The molecule has 1 aliphatic carbocycles.